The van der Waals surface area contributed by atoms with Crippen molar-refractivity contribution in [2.24, 2.45) is 0 Å². The maximum absolute atomic E-state index is 12.5. The number of ether oxygens (including phenoxy) is 1. The molecule has 3 N–H and O–H groups in total. The normalized spacial score (nSPS) is 10.8. The van der Waals surface area contributed by atoms with Crippen LogP contribution >= 0.6 is 22.9 Å². The minimum absolute atomic E-state index is 0.183. The lowest BCUT2D eigenvalue weighted by Gasteiger charge is -2.05. The van der Waals surface area contributed by atoms with Gasteiger partial charge in [-0.1, -0.05) is 35.9 Å². The standard InChI is InChI=1S/C22H19ClN4O3S/c1-30-16-7-3-4-13(9-16)10-19(28)25-20-17-11-18(31-22(17)27-26-20)21(29)24-12-14-5-2-6-15(23)8-14/h2-9,11H,10,12H2,1H3,(H,24,29)(H2,25,26,27,28). The zero-order valence-corrected chi connectivity index (χ0v) is 18.1. The summed E-state index contributed by atoms with van der Waals surface area (Å²) < 4.78 is 5.19. The van der Waals surface area contributed by atoms with Gasteiger partial charge in [0, 0.05) is 11.6 Å². The van der Waals surface area contributed by atoms with Gasteiger partial charge in [0.05, 0.1) is 23.8 Å². The molecule has 0 spiro atoms. The molecule has 0 bridgehead atoms. The molecule has 0 atom stereocenters. The fourth-order valence-corrected chi connectivity index (χ4v) is 4.22. The lowest BCUT2D eigenvalue weighted by molar-refractivity contribution is -0.115. The van der Waals surface area contributed by atoms with Crippen LogP contribution in [-0.2, 0) is 17.8 Å². The Balaban J connectivity index is 1.42. The summed E-state index contributed by atoms with van der Waals surface area (Å²) in [6.07, 6.45) is 0.183. The number of hydrogen-bond acceptors (Lipinski definition) is 5. The Hall–Kier alpha value is -3.36. The minimum atomic E-state index is -0.209. The van der Waals surface area contributed by atoms with Gasteiger partial charge in [-0.25, -0.2) is 0 Å². The highest BCUT2D eigenvalue weighted by Crippen LogP contribution is 2.29. The molecule has 0 radical (unpaired) electrons. The van der Waals surface area contributed by atoms with E-state index >= 15 is 0 Å². The van der Waals surface area contributed by atoms with Gasteiger partial charge in [-0.3, -0.25) is 14.7 Å². The number of benzene rings is 2. The number of anilines is 1. The van der Waals surface area contributed by atoms with E-state index in [0.29, 0.717) is 38.2 Å². The summed E-state index contributed by atoms with van der Waals surface area (Å²) in [5.74, 6) is 0.676. The van der Waals surface area contributed by atoms with Gasteiger partial charge in [0.1, 0.15) is 10.6 Å². The number of nitrogens with one attached hydrogen (secondary N) is 3. The summed E-state index contributed by atoms with van der Waals surface area (Å²) in [7, 11) is 1.58. The summed E-state index contributed by atoms with van der Waals surface area (Å²) in [4.78, 5) is 26.2. The van der Waals surface area contributed by atoms with Crippen molar-refractivity contribution in [3.05, 3.63) is 75.6 Å². The van der Waals surface area contributed by atoms with Gasteiger partial charge < -0.3 is 15.4 Å². The highest BCUT2D eigenvalue weighted by atomic mass is 35.5. The molecule has 4 rings (SSSR count). The van der Waals surface area contributed by atoms with Crippen LogP contribution in [0.5, 0.6) is 5.75 Å². The average Bonchev–Trinajstić information content (AvgIpc) is 3.34. The SMILES string of the molecule is COc1cccc(CC(=O)Nc2n[nH]c3sc(C(=O)NCc4cccc(Cl)c4)cc23)c1. The Morgan fingerprint density at radius 2 is 1.94 bits per heavy atom. The number of aromatic amines is 1. The van der Waals surface area contributed by atoms with E-state index in [2.05, 4.69) is 20.8 Å². The Kier molecular flexibility index (Phi) is 6.20. The molecule has 31 heavy (non-hydrogen) atoms. The molecule has 0 aliphatic heterocycles. The average molecular weight is 455 g/mol. The zero-order chi connectivity index (χ0) is 21.8. The largest absolute Gasteiger partial charge is 0.497 e. The quantitative estimate of drug-likeness (QED) is 0.385. The Bertz CT molecular complexity index is 1250. The Morgan fingerprint density at radius 1 is 1.13 bits per heavy atom. The molecule has 0 aliphatic rings. The van der Waals surface area contributed by atoms with Crippen LogP contribution in [0.15, 0.2) is 54.6 Å². The molecular formula is C22H19ClN4O3S. The van der Waals surface area contributed by atoms with Gasteiger partial charge in [0.25, 0.3) is 5.91 Å². The Labute approximate surface area is 187 Å². The summed E-state index contributed by atoms with van der Waals surface area (Å²) in [5, 5.41) is 14.0. The number of amides is 2. The summed E-state index contributed by atoms with van der Waals surface area (Å²) in [5.41, 5.74) is 1.74. The second kappa shape index (κ2) is 9.20. The topological polar surface area (TPSA) is 96.1 Å². The monoisotopic (exact) mass is 454 g/mol. The van der Waals surface area contributed by atoms with Crippen molar-refractivity contribution in [2.45, 2.75) is 13.0 Å². The van der Waals surface area contributed by atoms with Crippen LogP contribution in [-0.4, -0.2) is 29.1 Å². The van der Waals surface area contributed by atoms with Gasteiger partial charge in [-0.15, -0.1) is 11.3 Å². The first-order valence-corrected chi connectivity index (χ1v) is 10.6. The first-order chi connectivity index (χ1) is 15.0. The van der Waals surface area contributed by atoms with Crippen molar-refractivity contribution in [3.8, 4) is 5.75 Å². The van der Waals surface area contributed by atoms with Crippen LogP contribution in [0.25, 0.3) is 10.2 Å². The molecule has 0 saturated carbocycles. The number of hydrogen-bond donors (Lipinski definition) is 3. The van der Waals surface area contributed by atoms with Crippen LogP contribution < -0.4 is 15.4 Å². The molecule has 0 aliphatic carbocycles. The predicted molar refractivity (Wildman–Crippen MR) is 122 cm³/mol. The van der Waals surface area contributed by atoms with Crippen molar-refractivity contribution in [2.75, 3.05) is 12.4 Å². The third-order valence-electron chi connectivity index (χ3n) is 4.58. The molecule has 4 aromatic rings. The molecule has 2 amide bonds. The van der Waals surface area contributed by atoms with Crippen molar-refractivity contribution in [1.82, 2.24) is 15.5 Å². The second-order valence-corrected chi connectivity index (χ2v) is 8.30. The molecule has 0 fully saturated rings. The van der Waals surface area contributed by atoms with E-state index in [-0.39, 0.29) is 18.2 Å². The van der Waals surface area contributed by atoms with E-state index in [0.717, 1.165) is 11.1 Å². The number of carbonyl (C=O) groups is 2. The van der Waals surface area contributed by atoms with Crippen molar-refractivity contribution in [3.63, 3.8) is 0 Å². The summed E-state index contributed by atoms with van der Waals surface area (Å²) in [6, 6.07) is 16.4. The van der Waals surface area contributed by atoms with Gasteiger partial charge in [-0.2, -0.15) is 5.10 Å². The number of H-pyrrole nitrogens is 1. The molecule has 0 saturated heterocycles. The predicted octanol–water partition coefficient (Wildman–Crippen LogP) is 4.40. The van der Waals surface area contributed by atoms with Crippen LogP contribution in [0.1, 0.15) is 20.8 Å². The maximum Gasteiger partial charge on any atom is 0.261 e. The number of aromatic nitrogens is 2. The maximum atomic E-state index is 12.5. The molecular weight excluding hydrogens is 436 g/mol. The highest BCUT2D eigenvalue weighted by molar-refractivity contribution is 7.20. The number of halogens is 1. The van der Waals surface area contributed by atoms with Crippen LogP contribution in [0, 0.1) is 0 Å². The molecule has 0 unspecified atom stereocenters. The number of rotatable bonds is 7. The molecule has 2 aromatic heterocycles. The number of methoxy groups -OCH3 is 1. The molecule has 2 heterocycles. The third kappa shape index (κ3) is 5.04. The number of nitrogens with zero attached hydrogens (tertiary/aromatic N) is 1. The molecule has 7 nitrogen and oxygen atoms in total. The summed E-state index contributed by atoms with van der Waals surface area (Å²) in [6.45, 7) is 0.369. The van der Waals surface area contributed by atoms with Gasteiger partial charge in [-0.05, 0) is 41.5 Å². The number of thiophene rings is 1. The zero-order valence-electron chi connectivity index (χ0n) is 16.6. The van der Waals surface area contributed by atoms with Crippen molar-refractivity contribution < 1.29 is 14.3 Å². The lowest BCUT2D eigenvalue weighted by Crippen LogP contribution is -2.21. The third-order valence-corrected chi connectivity index (χ3v) is 5.85. The van der Waals surface area contributed by atoms with E-state index in [9.17, 15) is 9.59 Å². The molecule has 2 aromatic carbocycles. The minimum Gasteiger partial charge on any atom is -0.497 e. The van der Waals surface area contributed by atoms with Crippen molar-refractivity contribution in [1.29, 1.82) is 0 Å². The molecule has 158 valence electrons. The number of fused-ring (bicyclic) bond motifs is 1. The van der Waals surface area contributed by atoms with Gasteiger partial charge >= 0.3 is 0 Å². The number of carbonyl (C=O) groups excluding carboxylic acids is 2. The fraction of sp³-hybridized carbons (Fsp3) is 0.136. The summed E-state index contributed by atoms with van der Waals surface area (Å²) >= 11 is 7.26. The first-order valence-electron chi connectivity index (χ1n) is 9.45. The highest BCUT2D eigenvalue weighted by Gasteiger charge is 2.16. The van der Waals surface area contributed by atoms with E-state index in [1.54, 1.807) is 25.3 Å². The van der Waals surface area contributed by atoms with E-state index in [1.165, 1.54) is 11.3 Å². The lowest BCUT2D eigenvalue weighted by atomic mass is 10.1. The Morgan fingerprint density at radius 3 is 2.74 bits per heavy atom. The van der Waals surface area contributed by atoms with Crippen LogP contribution in [0.2, 0.25) is 5.02 Å². The molecule has 9 heteroatoms. The first kappa shape index (κ1) is 20.9. The van der Waals surface area contributed by atoms with E-state index in [4.69, 9.17) is 16.3 Å². The van der Waals surface area contributed by atoms with E-state index in [1.807, 2.05) is 36.4 Å². The van der Waals surface area contributed by atoms with Crippen LogP contribution in [0.3, 0.4) is 0 Å². The van der Waals surface area contributed by atoms with Crippen LogP contribution in [0.4, 0.5) is 5.82 Å². The second-order valence-electron chi connectivity index (χ2n) is 6.81. The van der Waals surface area contributed by atoms with Gasteiger partial charge in [0.2, 0.25) is 5.91 Å². The smallest absolute Gasteiger partial charge is 0.261 e. The fourth-order valence-electron chi connectivity index (χ4n) is 3.08. The van der Waals surface area contributed by atoms with Gasteiger partial charge in [0.15, 0.2) is 5.82 Å². The van der Waals surface area contributed by atoms with Crippen molar-refractivity contribution >= 4 is 50.8 Å². The van der Waals surface area contributed by atoms with E-state index < -0.39 is 0 Å².